The standard InChI is InChI=1S/C18H26N2O5S/c1-3-15(12-26(24,25)16-7-5-4-6-8-16)19-18(23)20-10-13(2)9-14(11-20)17(21)22/h4-8,13-15H,3,9-12H2,1-2H3,(H,19,23)(H,21,22). The molecule has 0 aromatic heterocycles. The summed E-state index contributed by atoms with van der Waals surface area (Å²) in [6.07, 6.45) is 1.00. The summed E-state index contributed by atoms with van der Waals surface area (Å²) < 4.78 is 25.0. The molecule has 3 unspecified atom stereocenters. The number of carboxylic acids is 1. The van der Waals surface area contributed by atoms with Crippen LogP contribution in [0.3, 0.4) is 0 Å². The van der Waals surface area contributed by atoms with Gasteiger partial charge in [0.2, 0.25) is 0 Å². The predicted molar refractivity (Wildman–Crippen MR) is 97.6 cm³/mol. The van der Waals surface area contributed by atoms with E-state index < -0.39 is 33.8 Å². The van der Waals surface area contributed by atoms with Crippen molar-refractivity contribution in [1.82, 2.24) is 10.2 Å². The zero-order valence-corrected chi connectivity index (χ0v) is 15.9. The van der Waals surface area contributed by atoms with Crippen molar-refractivity contribution in [3.8, 4) is 0 Å². The number of carbonyl (C=O) groups is 2. The fraction of sp³-hybridized carbons (Fsp3) is 0.556. The van der Waals surface area contributed by atoms with Gasteiger partial charge in [0.1, 0.15) is 0 Å². The molecule has 1 aromatic carbocycles. The highest BCUT2D eigenvalue weighted by Gasteiger charge is 2.33. The van der Waals surface area contributed by atoms with E-state index in [-0.39, 0.29) is 23.1 Å². The maximum absolute atomic E-state index is 12.5. The topological polar surface area (TPSA) is 104 Å². The highest BCUT2D eigenvalue weighted by atomic mass is 32.2. The Morgan fingerprint density at radius 2 is 1.92 bits per heavy atom. The summed E-state index contributed by atoms with van der Waals surface area (Å²) in [4.78, 5) is 25.5. The first kappa shape index (κ1) is 20.2. The highest BCUT2D eigenvalue weighted by Crippen LogP contribution is 2.22. The smallest absolute Gasteiger partial charge is 0.317 e. The summed E-state index contributed by atoms with van der Waals surface area (Å²) in [5.74, 6) is -1.60. The Morgan fingerprint density at radius 1 is 1.27 bits per heavy atom. The number of nitrogens with zero attached hydrogens (tertiary/aromatic N) is 1. The van der Waals surface area contributed by atoms with E-state index in [0.717, 1.165) is 0 Å². The maximum Gasteiger partial charge on any atom is 0.317 e. The van der Waals surface area contributed by atoms with Crippen LogP contribution < -0.4 is 5.32 Å². The SMILES string of the molecule is CCC(CS(=O)(=O)c1ccccc1)NC(=O)N1CC(C)CC(C(=O)O)C1. The van der Waals surface area contributed by atoms with Crippen molar-refractivity contribution < 1.29 is 23.1 Å². The van der Waals surface area contributed by atoms with Gasteiger partial charge in [-0.2, -0.15) is 0 Å². The first-order chi connectivity index (χ1) is 12.2. The second kappa shape index (κ2) is 8.53. The molecule has 8 heteroatoms. The third kappa shape index (κ3) is 5.20. The van der Waals surface area contributed by atoms with Gasteiger partial charge in [0, 0.05) is 19.1 Å². The molecule has 26 heavy (non-hydrogen) atoms. The van der Waals surface area contributed by atoms with E-state index in [4.69, 9.17) is 0 Å². The predicted octanol–water partition coefficient (Wildman–Crippen LogP) is 1.99. The Kier molecular flexibility index (Phi) is 6.63. The third-order valence-corrected chi connectivity index (χ3v) is 6.47. The zero-order valence-electron chi connectivity index (χ0n) is 15.1. The lowest BCUT2D eigenvalue weighted by Gasteiger charge is -2.35. The molecule has 0 aliphatic carbocycles. The van der Waals surface area contributed by atoms with E-state index in [1.54, 1.807) is 18.2 Å². The van der Waals surface area contributed by atoms with Crippen LogP contribution in [-0.4, -0.2) is 55.3 Å². The number of urea groups is 1. The van der Waals surface area contributed by atoms with Gasteiger partial charge in [0.25, 0.3) is 0 Å². The summed E-state index contributed by atoms with van der Waals surface area (Å²) in [7, 11) is -3.51. The van der Waals surface area contributed by atoms with Crippen molar-refractivity contribution in [2.45, 2.75) is 37.6 Å². The number of carboxylic acid groups (broad SMARTS) is 1. The van der Waals surface area contributed by atoms with Crippen molar-refractivity contribution in [1.29, 1.82) is 0 Å². The molecule has 0 saturated carbocycles. The number of aliphatic carboxylic acids is 1. The lowest BCUT2D eigenvalue weighted by atomic mass is 9.91. The first-order valence-electron chi connectivity index (χ1n) is 8.79. The molecule has 1 aromatic rings. The number of likely N-dealkylation sites (tertiary alicyclic amines) is 1. The molecule has 2 rings (SSSR count). The van der Waals surface area contributed by atoms with E-state index in [2.05, 4.69) is 5.32 Å². The van der Waals surface area contributed by atoms with E-state index >= 15 is 0 Å². The molecule has 1 heterocycles. The fourth-order valence-electron chi connectivity index (χ4n) is 3.21. The minimum atomic E-state index is -3.51. The van der Waals surface area contributed by atoms with E-state index in [9.17, 15) is 23.1 Å². The average Bonchev–Trinajstić information content (AvgIpc) is 2.61. The van der Waals surface area contributed by atoms with Gasteiger partial charge in [-0.1, -0.05) is 32.0 Å². The monoisotopic (exact) mass is 382 g/mol. The molecule has 0 spiro atoms. The summed E-state index contributed by atoms with van der Waals surface area (Å²) in [6, 6.07) is 7.20. The third-order valence-electron chi connectivity index (χ3n) is 4.64. The molecule has 0 bridgehead atoms. The Bertz CT molecular complexity index is 735. The van der Waals surface area contributed by atoms with E-state index in [0.29, 0.717) is 19.4 Å². The molecular formula is C18H26N2O5S. The van der Waals surface area contributed by atoms with Gasteiger partial charge in [-0.05, 0) is 30.9 Å². The molecule has 2 N–H and O–H groups in total. The number of amides is 2. The molecule has 144 valence electrons. The van der Waals surface area contributed by atoms with Crippen molar-refractivity contribution in [2.75, 3.05) is 18.8 Å². The number of sulfone groups is 1. The molecule has 3 atom stereocenters. The number of hydrogen-bond acceptors (Lipinski definition) is 4. The van der Waals surface area contributed by atoms with Crippen LogP contribution in [0.15, 0.2) is 35.2 Å². The molecule has 1 aliphatic heterocycles. The Morgan fingerprint density at radius 3 is 2.50 bits per heavy atom. The molecule has 2 amide bonds. The normalized spacial score (nSPS) is 21.8. The van der Waals surface area contributed by atoms with Crippen LogP contribution in [0.2, 0.25) is 0 Å². The van der Waals surface area contributed by atoms with Gasteiger partial charge < -0.3 is 15.3 Å². The van der Waals surface area contributed by atoms with Gasteiger partial charge in [0.05, 0.1) is 16.6 Å². The van der Waals surface area contributed by atoms with Gasteiger partial charge in [-0.3, -0.25) is 4.79 Å². The summed E-state index contributed by atoms with van der Waals surface area (Å²) in [5.41, 5.74) is 0. The lowest BCUT2D eigenvalue weighted by Crippen LogP contribution is -2.52. The van der Waals surface area contributed by atoms with Gasteiger partial charge in [-0.25, -0.2) is 13.2 Å². The van der Waals surface area contributed by atoms with Crippen LogP contribution >= 0.6 is 0 Å². The van der Waals surface area contributed by atoms with Crippen molar-refractivity contribution in [3.05, 3.63) is 30.3 Å². The highest BCUT2D eigenvalue weighted by molar-refractivity contribution is 7.91. The number of piperidine rings is 1. The van der Waals surface area contributed by atoms with Gasteiger partial charge in [-0.15, -0.1) is 0 Å². The van der Waals surface area contributed by atoms with Crippen LogP contribution in [0.4, 0.5) is 4.79 Å². The van der Waals surface area contributed by atoms with Gasteiger partial charge in [0.15, 0.2) is 9.84 Å². The van der Waals surface area contributed by atoms with Crippen molar-refractivity contribution >= 4 is 21.8 Å². The van der Waals surface area contributed by atoms with Crippen LogP contribution in [0.5, 0.6) is 0 Å². The van der Waals surface area contributed by atoms with Crippen molar-refractivity contribution in [3.63, 3.8) is 0 Å². The van der Waals surface area contributed by atoms with Crippen LogP contribution in [0.1, 0.15) is 26.7 Å². The van der Waals surface area contributed by atoms with Crippen molar-refractivity contribution in [2.24, 2.45) is 11.8 Å². The molecule has 0 radical (unpaired) electrons. The minimum Gasteiger partial charge on any atom is -0.481 e. The minimum absolute atomic E-state index is 0.0868. The van der Waals surface area contributed by atoms with Crippen LogP contribution in [0.25, 0.3) is 0 Å². The lowest BCUT2D eigenvalue weighted by molar-refractivity contribution is -0.143. The van der Waals surface area contributed by atoms with E-state index in [1.807, 2.05) is 13.8 Å². The van der Waals surface area contributed by atoms with Crippen LogP contribution in [0, 0.1) is 11.8 Å². The number of nitrogens with one attached hydrogen (secondary N) is 1. The number of carbonyl (C=O) groups excluding carboxylic acids is 1. The second-order valence-electron chi connectivity index (χ2n) is 6.93. The summed E-state index contributed by atoms with van der Waals surface area (Å²) >= 11 is 0. The maximum atomic E-state index is 12.5. The Hall–Kier alpha value is -2.09. The molecule has 1 fully saturated rings. The number of hydrogen-bond donors (Lipinski definition) is 2. The quantitative estimate of drug-likeness (QED) is 0.783. The summed E-state index contributed by atoms with van der Waals surface area (Å²) in [5, 5.41) is 12.0. The van der Waals surface area contributed by atoms with Gasteiger partial charge >= 0.3 is 12.0 Å². The second-order valence-corrected chi connectivity index (χ2v) is 8.96. The van der Waals surface area contributed by atoms with Crippen LogP contribution in [-0.2, 0) is 14.6 Å². The Balaban J connectivity index is 2.03. The van der Waals surface area contributed by atoms with E-state index in [1.165, 1.54) is 17.0 Å². The summed E-state index contributed by atoms with van der Waals surface area (Å²) in [6.45, 7) is 4.34. The number of rotatable bonds is 6. The molecule has 7 nitrogen and oxygen atoms in total. The first-order valence-corrected chi connectivity index (χ1v) is 10.4. The number of benzene rings is 1. The molecule has 1 aliphatic rings. The molecule has 1 saturated heterocycles. The zero-order chi connectivity index (χ0) is 19.3. The molecular weight excluding hydrogens is 356 g/mol. The largest absolute Gasteiger partial charge is 0.481 e. The average molecular weight is 382 g/mol. The fourth-order valence-corrected chi connectivity index (χ4v) is 4.83. The Labute approximate surface area is 154 Å².